The van der Waals surface area contributed by atoms with E-state index in [1.54, 1.807) is 11.3 Å². The molecule has 0 aliphatic rings. The topological polar surface area (TPSA) is 12.0 Å². The number of hydrogen-bond donors (Lipinski definition) is 1. The van der Waals surface area contributed by atoms with Crippen LogP contribution in [0, 0.1) is 11.6 Å². The van der Waals surface area contributed by atoms with E-state index in [4.69, 9.17) is 0 Å². The van der Waals surface area contributed by atoms with E-state index in [2.05, 4.69) is 32.2 Å². The molecular weight excluding hydrogens is 288 g/mol. The fourth-order valence-corrected chi connectivity index (χ4v) is 3.40. The lowest BCUT2D eigenvalue weighted by molar-refractivity contribution is 0.518. The van der Waals surface area contributed by atoms with Crippen molar-refractivity contribution in [1.82, 2.24) is 5.32 Å². The van der Waals surface area contributed by atoms with Crippen LogP contribution in [-0.2, 0) is 11.8 Å². The summed E-state index contributed by atoms with van der Waals surface area (Å²) in [7, 11) is 1.82. The molecule has 0 fully saturated rings. The van der Waals surface area contributed by atoms with Crippen LogP contribution >= 0.6 is 11.3 Å². The Morgan fingerprint density at radius 1 is 1.10 bits per heavy atom. The summed E-state index contributed by atoms with van der Waals surface area (Å²) in [6.45, 7) is 6.48. The number of benzene rings is 1. The highest BCUT2D eigenvalue weighted by Crippen LogP contribution is 2.33. The Kier molecular flexibility index (Phi) is 4.79. The van der Waals surface area contributed by atoms with Crippen molar-refractivity contribution in [1.29, 1.82) is 0 Å². The van der Waals surface area contributed by atoms with Gasteiger partial charge in [0.05, 0.1) is 0 Å². The SMILES string of the molecule is CNC(Cc1c(F)cccc1F)c1ccc(C(C)(C)C)s1. The Labute approximate surface area is 129 Å². The Morgan fingerprint density at radius 2 is 1.71 bits per heavy atom. The maximum atomic E-state index is 13.8. The molecule has 0 bridgehead atoms. The van der Waals surface area contributed by atoms with Crippen LogP contribution < -0.4 is 5.32 Å². The molecule has 1 atom stereocenters. The average Bonchev–Trinajstić information content (AvgIpc) is 2.88. The second-order valence-electron chi connectivity index (χ2n) is 6.20. The van der Waals surface area contributed by atoms with Gasteiger partial charge < -0.3 is 5.32 Å². The first-order chi connectivity index (χ1) is 9.82. The highest BCUT2D eigenvalue weighted by atomic mass is 32.1. The zero-order chi connectivity index (χ0) is 15.6. The molecule has 4 heteroatoms. The molecule has 0 amide bonds. The summed E-state index contributed by atoms with van der Waals surface area (Å²) in [5.41, 5.74) is 0.229. The van der Waals surface area contributed by atoms with Crippen molar-refractivity contribution in [3.05, 3.63) is 57.3 Å². The van der Waals surface area contributed by atoms with Crippen LogP contribution in [0.15, 0.2) is 30.3 Å². The van der Waals surface area contributed by atoms with E-state index >= 15 is 0 Å². The lowest BCUT2D eigenvalue weighted by Crippen LogP contribution is -2.19. The van der Waals surface area contributed by atoms with Gasteiger partial charge in [0.2, 0.25) is 0 Å². The van der Waals surface area contributed by atoms with E-state index in [0.29, 0.717) is 6.42 Å². The van der Waals surface area contributed by atoms with Crippen molar-refractivity contribution in [2.45, 2.75) is 38.6 Å². The van der Waals surface area contributed by atoms with E-state index in [0.717, 1.165) is 4.88 Å². The van der Waals surface area contributed by atoms with Crippen LogP contribution in [0.2, 0.25) is 0 Å². The summed E-state index contributed by atoms with van der Waals surface area (Å²) in [6, 6.07) is 8.07. The van der Waals surface area contributed by atoms with E-state index in [1.165, 1.54) is 23.1 Å². The first-order valence-electron chi connectivity index (χ1n) is 7.03. The molecule has 2 aromatic rings. The summed E-state index contributed by atoms with van der Waals surface area (Å²) in [4.78, 5) is 2.37. The van der Waals surface area contributed by atoms with E-state index in [-0.39, 0.29) is 17.0 Å². The Balaban J connectivity index is 2.26. The van der Waals surface area contributed by atoms with Crippen molar-refractivity contribution in [3.8, 4) is 0 Å². The van der Waals surface area contributed by atoms with Crippen molar-refractivity contribution in [3.63, 3.8) is 0 Å². The Hall–Kier alpha value is -1.26. The molecule has 1 N–H and O–H groups in total. The molecule has 114 valence electrons. The molecular formula is C17H21F2NS. The van der Waals surface area contributed by atoms with Crippen LogP contribution in [0.3, 0.4) is 0 Å². The first kappa shape index (κ1) is 16.1. The van der Waals surface area contributed by atoms with Gasteiger partial charge in [-0.15, -0.1) is 11.3 Å². The fourth-order valence-electron chi connectivity index (χ4n) is 2.22. The van der Waals surface area contributed by atoms with E-state index in [9.17, 15) is 8.78 Å². The molecule has 0 radical (unpaired) electrons. The number of thiophene rings is 1. The molecule has 0 aliphatic heterocycles. The van der Waals surface area contributed by atoms with Crippen LogP contribution in [0.1, 0.15) is 42.1 Å². The van der Waals surface area contributed by atoms with Gasteiger partial charge in [-0.1, -0.05) is 26.8 Å². The van der Waals surface area contributed by atoms with Gasteiger partial charge in [0.1, 0.15) is 11.6 Å². The minimum atomic E-state index is -0.483. The zero-order valence-electron chi connectivity index (χ0n) is 12.8. The standard InChI is InChI=1S/C17H21F2NS/c1-17(2,3)16-9-8-15(21-16)14(20-4)10-11-12(18)6-5-7-13(11)19/h5-9,14,20H,10H2,1-4H3. The predicted octanol–water partition coefficient (Wildman–Crippen LogP) is 4.83. The third-order valence-corrected chi connectivity index (χ3v) is 5.15. The lowest BCUT2D eigenvalue weighted by Gasteiger charge is -2.17. The number of likely N-dealkylation sites (N-methyl/N-ethyl adjacent to an activating group) is 1. The predicted molar refractivity (Wildman–Crippen MR) is 84.9 cm³/mol. The molecule has 21 heavy (non-hydrogen) atoms. The summed E-state index contributed by atoms with van der Waals surface area (Å²) in [6.07, 6.45) is 0.305. The van der Waals surface area contributed by atoms with Crippen LogP contribution in [0.25, 0.3) is 0 Å². The third-order valence-electron chi connectivity index (χ3n) is 3.53. The second-order valence-corrected chi connectivity index (χ2v) is 7.31. The second kappa shape index (κ2) is 6.24. The van der Waals surface area contributed by atoms with Gasteiger partial charge in [-0.2, -0.15) is 0 Å². The van der Waals surface area contributed by atoms with Gasteiger partial charge in [-0.05, 0) is 43.1 Å². The molecule has 2 rings (SSSR count). The summed E-state index contributed by atoms with van der Waals surface area (Å²) in [5, 5.41) is 3.16. The van der Waals surface area contributed by atoms with Crippen LogP contribution in [0.4, 0.5) is 8.78 Å². The van der Waals surface area contributed by atoms with Gasteiger partial charge in [0.25, 0.3) is 0 Å². The van der Waals surface area contributed by atoms with Gasteiger partial charge in [-0.25, -0.2) is 8.78 Å². The summed E-state index contributed by atoms with van der Waals surface area (Å²) < 4.78 is 27.6. The Bertz CT molecular complexity index is 593. The lowest BCUT2D eigenvalue weighted by atomic mass is 9.95. The number of hydrogen-bond acceptors (Lipinski definition) is 2. The highest BCUT2D eigenvalue weighted by molar-refractivity contribution is 7.12. The summed E-state index contributed by atoms with van der Waals surface area (Å²) in [5.74, 6) is -0.967. The van der Waals surface area contributed by atoms with Gasteiger partial charge in [-0.3, -0.25) is 0 Å². The van der Waals surface area contributed by atoms with E-state index in [1.807, 2.05) is 13.1 Å². The van der Waals surface area contributed by atoms with Crippen molar-refractivity contribution >= 4 is 11.3 Å². The largest absolute Gasteiger partial charge is 0.312 e. The quantitative estimate of drug-likeness (QED) is 0.853. The molecule has 0 saturated carbocycles. The van der Waals surface area contributed by atoms with Crippen molar-refractivity contribution < 1.29 is 8.78 Å². The van der Waals surface area contributed by atoms with Gasteiger partial charge >= 0.3 is 0 Å². The Morgan fingerprint density at radius 3 is 2.19 bits per heavy atom. The molecule has 1 aromatic heterocycles. The fraction of sp³-hybridized carbons (Fsp3) is 0.412. The third kappa shape index (κ3) is 3.69. The normalized spacial score (nSPS) is 13.4. The minimum absolute atomic E-state index is 0.0856. The zero-order valence-corrected chi connectivity index (χ0v) is 13.7. The molecule has 0 aliphatic carbocycles. The van der Waals surface area contributed by atoms with E-state index < -0.39 is 11.6 Å². The highest BCUT2D eigenvalue weighted by Gasteiger charge is 2.21. The molecule has 1 unspecified atom stereocenters. The average molecular weight is 309 g/mol. The van der Waals surface area contributed by atoms with Crippen molar-refractivity contribution in [2.24, 2.45) is 0 Å². The van der Waals surface area contributed by atoms with Crippen molar-refractivity contribution in [2.75, 3.05) is 7.05 Å². The van der Waals surface area contributed by atoms with Gasteiger partial charge in [0.15, 0.2) is 0 Å². The molecule has 1 heterocycles. The maximum absolute atomic E-state index is 13.8. The van der Waals surface area contributed by atoms with Crippen LogP contribution in [-0.4, -0.2) is 7.05 Å². The molecule has 0 saturated heterocycles. The summed E-state index contributed by atoms with van der Waals surface area (Å²) >= 11 is 1.70. The number of rotatable bonds is 4. The smallest absolute Gasteiger partial charge is 0.129 e. The van der Waals surface area contributed by atoms with Gasteiger partial charge in [0, 0.05) is 21.4 Å². The monoisotopic (exact) mass is 309 g/mol. The molecule has 1 aromatic carbocycles. The first-order valence-corrected chi connectivity index (χ1v) is 7.85. The minimum Gasteiger partial charge on any atom is -0.312 e. The van der Waals surface area contributed by atoms with Crippen LogP contribution in [0.5, 0.6) is 0 Å². The molecule has 1 nitrogen and oxygen atoms in total. The number of halogens is 2. The molecule has 0 spiro atoms. The maximum Gasteiger partial charge on any atom is 0.129 e. The number of nitrogens with one attached hydrogen (secondary N) is 1.